The fourth-order valence-corrected chi connectivity index (χ4v) is 3.78. The lowest BCUT2D eigenvalue weighted by Gasteiger charge is -2.29. The Labute approximate surface area is 153 Å². The highest BCUT2D eigenvalue weighted by molar-refractivity contribution is 5.33. The molecule has 0 atom stereocenters. The van der Waals surface area contributed by atoms with E-state index >= 15 is 0 Å². The summed E-state index contributed by atoms with van der Waals surface area (Å²) in [6.45, 7) is -1.11. The van der Waals surface area contributed by atoms with E-state index in [9.17, 15) is 17.6 Å². The Morgan fingerprint density at radius 2 is 1.69 bits per heavy atom. The van der Waals surface area contributed by atoms with E-state index in [-0.39, 0.29) is 5.92 Å². The van der Waals surface area contributed by atoms with Crippen molar-refractivity contribution in [3.63, 3.8) is 0 Å². The van der Waals surface area contributed by atoms with Gasteiger partial charge in [-0.2, -0.15) is 8.78 Å². The van der Waals surface area contributed by atoms with Crippen LogP contribution in [0.15, 0.2) is 24.3 Å². The van der Waals surface area contributed by atoms with E-state index in [2.05, 4.69) is 23.8 Å². The lowest BCUT2D eigenvalue weighted by atomic mass is 9.77. The van der Waals surface area contributed by atoms with Crippen molar-refractivity contribution in [2.45, 2.75) is 77.2 Å². The predicted octanol–water partition coefficient (Wildman–Crippen LogP) is 7.37. The number of halogens is 4. The molecule has 26 heavy (non-hydrogen) atoms. The predicted molar refractivity (Wildman–Crippen MR) is 95.6 cm³/mol. The SMILES string of the molecule is CCC=CCCCCC1CCC(c2cc(F)c(OC(F)F)c(F)c2)CC1. The van der Waals surface area contributed by atoms with Gasteiger partial charge in [-0.25, -0.2) is 8.78 Å². The van der Waals surface area contributed by atoms with Gasteiger partial charge in [0.25, 0.3) is 0 Å². The molecule has 0 spiro atoms. The van der Waals surface area contributed by atoms with Crippen LogP contribution in [-0.4, -0.2) is 6.61 Å². The van der Waals surface area contributed by atoms with Crippen molar-refractivity contribution in [1.29, 1.82) is 0 Å². The molecule has 0 unspecified atom stereocenters. The molecule has 0 aliphatic heterocycles. The number of allylic oxidation sites excluding steroid dienone is 2. The number of hydrogen-bond acceptors (Lipinski definition) is 1. The highest BCUT2D eigenvalue weighted by Gasteiger charge is 2.25. The van der Waals surface area contributed by atoms with Gasteiger partial charge in [-0.3, -0.25) is 0 Å². The maximum atomic E-state index is 13.9. The summed E-state index contributed by atoms with van der Waals surface area (Å²) in [4.78, 5) is 0. The second-order valence-corrected chi connectivity index (χ2v) is 7.07. The van der Waals surface area contributed by atoms with Gasteiger partial charge >= 0.3 is 6.61 Å². The lowest BCUT2D eigenvalue weighted by Crippen LogP contribution is -2.14. The zero-order valence-corrected chi connectivity index (χ0v) is 15.3. The molecule has 0 bridgehead atoms. The van der Waals surface area contributed by atoms with Crippen molar-refractivity contribution in [1.82, 2.24) is 0 Å². The van der Waals surface area contributed by atoms with Crippen LogP contribution in [0.1, 0.15) is 76.2 Å². The monoisotopic (exact) mass is 372 g/mol. The van der Waals surface area contributed by atoms with E-state index in [0.717, 1.165) is 50.7 Å². The van der Waals surface area contributed by atoms with Crippen LogP contribution in [0.4, 0.5) is 17.6 Å². The molecule has 146 valence electrons. The first-order valence-corrected chi connectivity index (χ1v) is 9.60. The molecule has 1 nitrogen and oxygen atoms in total. The number of unbranched alkanes of at least 4 members (excludes halogenated alkanes) is 2. The largest absolute Gasteiger partial charge is 0.429 e. The summed E-state index contributed by atoms with van der Waals surface area (Å²) in [6.07, 6.45) is 14.1. The van der Waals surface area contributed by atoms with E-state index in [0.29, 0.717) is 11.5 Å². The zero-order valence-electron chi connectivity index (χ0n) is 15.3. The topological polar surface area (TPSA) is 9.23 Å². The first-order chi connectivity index (χ1) is 12.5. The smallest absolute Gasteiger partial charge is 0.387 e. The highest BCUT2D eigenvalue weighted by Crippen LogP contribution is 2.39. The molecule has 2 rings (SSSR count). The van der Waals surface area contributed by atoms with Gasteiger partial charge in [0.05, 0.1) is 0 Å². The van der Waals surface area contributed by atoms with Crippen molar-refractivity contribution in [2.24, 2.45) is 5.92 Å². The molecule has 1 aromatic rings. The summed E-state index contributed by atoms with van der Waals surface area (Å²) in [7, 11) is 0. The Balaban J connectivity index is 1.81. The average Bonchev–Trinajstić information content (AvgIpc) is 2.61. The van der Waals surface area contributed by atoms with Gasteiger partial charge in [0.15, 0.2) is 17.4 Å². The fourth-order valence-electron chi connectivity index (χ4n) is 3.78. The normalized spacial score (nSPS) is 20.8. The summed E-state index contributed by atoms with van der Waals surface area (Å²) in [5.41, 5.74) is 0.546. The molecule has 1 aliphatic rings. The van der Waals surface area contributed by atoms with Crippen LogP contribution in [0.5, 0.6) is 5.75 Å². The Hall–Kier alpha value is -1.52. The summed E-state index contributed by atoms with van der Waals surface area (Å²) >= 11 is 0. The van der Waals surface area contributed by atoms with Crippen molar-refractivity contribution < 1.29 is 22.3 Å². The number of rotatable bonds is 9. The fraction of sp³-hybridized carbons (Fsp3) is 0.619. The third-order valence-electron chi connectivity index (χ3n) is 5.18. The van der Waals surface area contributed by atoms with E-state index in [1.54, 1.807) is 0 Å². The number of alkyl halides is 2. The minimum atomic E-state index is -3.24. The Morgan fingerprint density at radius 3 is 2.27 bits per heavy atom. The molecule has 0 amide bonds. The van der Waals surface area contributed by atoms with Crippen LogP contribution in [0.3, 0.4) is 0 Å². The van der Waals surface area contributed by atoms with Gasteiger partial charge in [-0.1, -0.05) is 31.9 Å². The van der Waals surface area contributed by atoms with E-state index in [4.69, 9.17) is 0 Å². The van der Waals surface area contributed by atoms with Crippen molar-refractivity contribution in [3.05, 3.63) is 41.5 Å². The summed E-state index contributed by atoms with van der Waals surface area (Å²) < 4.78 is 56.1. The van der Waals surface area contributed by atoms with Crippen molar-refractivity contribution in [3.8, 4) is 5.75 Å². The molecule has 1 aliphatic carbocycles. The van der Waals surface area contributed by atoms with Gasteiger partial charge < -0.3 is 4.74 Å². The summed E-state index contributed by atoms with van der Waals surface area (Å²) in [5.74, 6) is -2.33. The Bertz CT molecular complexity index is 554. The molecular weight excluding hydrogens is 344 g/mol. The van der Waals surface area contributed by atoms with Gasteiger partial charge in [0.1, 0.15) is 0 Å². The second kappa shape index (κ2) is 10.6. The van der Waals surface area contributed by atoms with Gasteiger partial charge in [0.2, 0.25) is 0 Å². The lowest BCUT2D eigenvalue weighted by molar-refractivity contribution is -0.0546. The average molecular weight is 372 g/mol. The molecule has 0 saturated heterocycles. The molecule has 0 aromatic heterocycles. The highest BCUT2D eigenvalue weighted by atomic mass is 19.3. The third-order valence-corrected chi connectivity index (χ3v) is 5.18. The first-order valence-electron chi connectivity index (χ1n) is 9.60. The molecular formula is C21H28F4O. The van der Waals surface area contributed by atoms with Crippen LogP contribution in [0.25, 0.3) is 0 Å². The van der Waals surface area contributed by atoms with E-state index in [1.807, 2.05) is 0 Å². The van der Waals surface area contributed by atoms with Gasteiger partial charge in [-0.05, 0) is 74.5 Å². The minimum absolute atomic E-state index is 0.0864. The summed E-state index contributed by atoms with van der Waals surface area (Å²) in [6, 6.07) is 2.29. The van der Waals surface area contributed by atoms with Crippen LogP contribution in [0, 0.1) is 17.6 Å². The quantitative estimate of drug-likeness (QED) is 0.250. The molecule has 1 fully saturated rings. The van der Waals surface area contributed by atoms with Crippen molar-refractivity contribution in [2.75, 3.05) is 0 Å². The summed E-state index contributed by atoms with van der Waals surface area (Å²) in [5, 5.41) is 0. The van der Waals surface area contributed by atoms with E-state index in [1.165, 1.54) is 19.3 Å². The van der Waals surface area contributed by atoms with Crippen LogP contribution in [0.2, 0.25) is 0 Å². The van der Waals surface area contributed by atoms with Gasteiger partial charge in [-0.15, -0.1) is 0 Å². The maximum Gasteiger partial charge on any atom is 0.387 e. The number of hydrogen-bond donors (Lipinski definition) is 0. The molecule has 1 saturated carbocycles. The second-order valence-electron chi connectivity index (χ2n) is 7.07. The van der Waals surface area contributed by atoms with Crippen LogP contribution >= 0.6 is 0 Å². The Kier molecular flexibility index (Phi) is 8.46. The van der Waals surface area contributed by atoms with E-state index < -0.39 is 24.0 Å². The molecule has 0 heterocycles. The zero-order chi connectivity index (χ0) is 18.9. The molecule has 5 heteroatoms. The molecule has 0 radical (unpaired) electrons. The number of ether oxygens (including phenoxy) is 1. The van der Waals surface area contributed by atoms with Crippen LogP contribution < -0.4 is 4.74 Å². The Morgan fingerprint density at radius 1 is 1.04 bits per heavy atom. The number of benzene rings is 1. The molecule has 1 aromatic carbocycles. The maximum absolute atomic E-state index is 13.9. The minimum Gasteiger partial charge on any atom is -0.429 e. The standard InChI is InChI=1S/C21H28F4O/c1-2-3-4-5-6-7-8-15-9-11-16(12-10-15)17-13-18(22)20(19(23)14-17)26-21(24)25/h3-4,13-16,21H,2,5-12H2,1H3. The van der Waals surface area contributed by atoms with Crippen molar-refractivity contribution >= 4 is 0 Å². The van der Waals surface area contributed by atoms with Gasteiger partial charge in [0, 0.05) is 0 Å². The van der Waals surface area contributed by atoms with Crippen LogP contribution in [-0.2, 0) is 0 Å². The third kappa shape index (κ3) is 6.33. The molecule has 0 N–H and O–H groups in total. The first kappa shape index (κ1) is 20.8.